The Hall–Kier alpha value is -1.20. The molecule has 0 spiro atoms. The van der Waals surface area contributed by atoms with E-state index in [4.69, 9.17) is 4.55 Å². The minimum Gasteiger partial charge on any atom is -0.345 e. The molecule has 4 nitrogen and oxygen atoms in total. The van der Waals surface area contributed by atoms with Crippen molar-refractivity contribution < 1.29 is 8.76 Å². The van der Waals surface area contributed by atoms with Crippen molar-refractivity contribution in [2.24, 2.45) is 0 Å². The zero-order valence-corrected chi connectivity index (χ0v) is 6.84. The molecule has 0 bridgehead atoms. The van der Waals surface area contributed by atoms with Crippen molar-refractivity contribution in [3.05, 3.63) is 24.5 Å². The summed E-state index contributed by atoms with van der Waals surface area (Å²) in [6, 6.07) is 3.48. The maximum atomic E-state index is 10.7. The summed E-state index contributed by atoms with van der Waals surface area (Å²) in [5, 5.41) is 0.693. The molecule has 1 unspecified atom stereocenters. The van der Waals surface area contributed by atoms with Gasteiger partial charge in [0.05, 0.1) is 4.90 Å². The molecule has 0 aliphatic heterocycles. The predicted molar refractivity (Wildman–Crippen MR) is 45.1 cm³/mol. The zero-order chi connectivity index (χ0) is 8.55. The number of nitrogens with zero attached hydrogens (tertiary/aromatic N) is 1. The molecule has 0 aromatic carbocycles. The number of H-pyrrole nitrogens is 1. The summed E-state index contributed by atoms with van der Waals surface area (Å²) in [4.78, 5) is 7.16. The van der Waals surface area contributed by atoms with E-state index in [-0.39, 0.29) is 0 Å². The van der Waals surface area contributed by atoms with Gasteiger partial charge in [0.1, 0.15) is 5.65 Å². The first-order chi connectivity index (χ1) is 5.79. The van der Waals surface area contributed by atoms with E-state index in [1.54, 1.807) is 18.3 Å². The Morgan fingerprint density at radius 1 is 1.58 bits per heavy atom. The van der Waals surface area contributed by atoms with Gasteiger partial charge in [0.15, 0.2) is 11.1 Å². The first-order valence-corrected chi connectivity index (χ1v) is 4.42. The van der Waals surface area contributed by atoms with Crippen LogP contribution in [0.25, 0.3) is 11.0 Å². The van der Waals surface area contributed by atoms with E-state index in [1.807, 2.05) is 0 Å². The van der Waals surface area contributed by atoms with Gasteiger partial charge in [0.25, 0.3) is 0 Å². The maximum absolute atomic E-state index is 10.7. The Bertz CT molecular complexity index is 438. The van der Waals surface area contributed by atoms with Crippen LogP contribution in [-0.2, 0) is 11.1 Å². The minimum atomic E-state index is -1.94. The molecule has 2 aromatic heterocycles. The van der Waals surface area contributed by atoms with E-state index in [1.165, 1.54) is 6.20 Å². The number of aromatic nitrogens is 2. The lowest BCUT2D eigenvalue weighted by molar-refractivity contribution is 0.565. The summed E-state index contributed by atoms with van der Waals surface area (Å²) in [6.07, 6.45) is 3.12. The SMILES string of the molecule is O=S(O)c1c[nH]c2ncccc12. The minimum absolute atomic E-state index is 0.373. The van der Waals surface area contributed by atoms with Crippen molar-refractivity contribution in [2.45, 2.75) is 4.90 Å². The molecular weight excluding hydrogens is 176 g/mol. The molecule has 0 saturated carbocycles. The second kappa shape index (κ2) is 2.69. The van der Waals surface area contributed by atoms with Gasteiger partial charge in [0, 0.05) is 17.8 Å². The molecule has 2 heterocycles. The number of hydrogen-bond donors (Lipinski definition) is 2. The van der Waals surface area contributed by atoms with Gasteiger partial charge >= 0.3 is 0 Å². The van der Waals surface area contributed by atoms with Crippen molar-refractivity contribution in [1.29, 1.82) is 0 Å². The van der Waals surface area contributed by atoms with E-state index in [0.717, 1.165) is 0 Å². The first kappa shape index (κ1) is 7.45. The molecule has 12 heavy (non-hydrogen) atoms. The molecule has 0 saturated heterocycles. The van der Waals surface area contributed by atoms with Crippen LogP contribution in [0.15, 0.2) is 29.4 Å². The van der Waals surface area contributed by atoms with Gasteiger partial charge in [-0.05, 0) is 12.1 Å². The van der Waals surface area contributed by atoms with E-state index in [2.05, 4.69) is 9.97 Å². The van der Waals surface area contributed by atoms with Crippen LogP contribution in [0.2, 0.25) is 0 Å². The van der Waals surface area contributed by atoms with Crippen LogP contribution in [0.5, 0.6) is 0 Å². The van der Waals surface area contributed by atoms with Crippen molar-refractivity contribution in [2.75, 3.05) is 0 Å². The van der Waals surface area contributed by atoms with Gasteiger partial charge < -0.3 is 9.54 Å². The third-order valence-electron chi connectivity index (χ3n) is 1.60. The molecule has 62 valence electrons. The fourth-order valence-electron chi connectivity index (χ4n) is 1.08. The van der Waals surface area contributed by atoms with Crippen LogP contribution in [0, 0.1) is 0 Å². The molecule has 2 rings (SSSR count). The van der Waals surface area contributed by atoms with Crippen LogP contribution in [0.3, 0.4) is 0 Å². The normalized spacial score (nSPS) is 13.4. The molecule has 0 amide bonds. The molecule has 0 radical (unpaired) electrons. The van der Waals surface area contributed by atoms with E-state index >= 15 is 0 Å². The Morgan fingerprint density at radius 3 is 3.17 bits per heavy atom. The summed E-state index contributed by atoms with van der Waals surface area (Å²) in [6.45, 7) is 0. The lowest BCUT2D eigenvalue weighted by atomic mass is 10.3. The summed E-state index contributed by atoms with van der Waals surface area (Å²) >= 11 is -1.94. The number of rotatable bonds is 1. The summed E-state index contributed by atoms with van der Waals surface area (Å²) in [5.41, 5.74) is 0.634. The maximum Gasteiger partial charge on any atom is 0.188 e. The highest BCUT2D eigenvalue weighted by Crippen LogP contribution is 2.17. The van der Waals surface area contributed by atoms with Crippen LogP contribution in [0.1, 0.15) is 0 Å². The quantitative estimate of drug-likeness (QED) is 0.650. The standard InChI is InChI=1S/C7H6N2O2S/c10-12(11)6-4-9-7-5(6)2-1-3-8-7/h1-4H,(H,8,9)(H,10,11). The Balaban J connectivity index is 2.79. The molecule has 0 fully saturated rings. The smallest absolute Gasteiger partial charge is 0.188 e. The fraction of sp³-hybridized carbons (Fsp3) is 0. The fourth-order valence-corrected chi connectivity index (χ4v) is 1.59. The highest BCUT2D eigenvalue weighted by atomic mass is 32.2. The third kappa shape index (κ3) is 1.03. The lowest BCUT2D eigenvalue weighted by Crippen LogP contribution is -1.84. The topological polar surface area (TPSA) is 66.0 Å². The summed E-state index contributed by atoms with van der Waals surface area (Å²) < 4.78 is 19.6. The van der Waals surface area contributed by atoms with Gasteiger partial charge in [-0.1, -0.05) is 0 Å². The molecule has 0 aliphatic carbocycles. The second-order valence-corrected chi connectivity index (χ2v) is 3.24. The highest BCUT2D eigenvalue weighted by Gasteiger charge is 2.07. The molecular formula is C7H6N2O2S. The Labute approximate surface area is 70.9 Å². The largest absolute Gasteiger partial charge is 0.345 e. The first-order valence-electron chi connectivity index (χ1n) is 3.32. The number of fused-ring (bicyclic) bond motifs is 1. The number of nitrogens with one attached hydrogen (secondary N) is 1. The monoisotopic (exact) mass is 182 g/mol. The third-order valence-corrected chi connectivity index (χ3v) is 2.32. The van der Waals surface area contributed by atoms with Crippen molar-refractivity contribution in [1.82, 2.24) is 9.97 Å². The number of hydrogen-bond acceptors (Lipinski definition) is 2. The van der Waals surface area contributed by atoms with E-state index in [9.17, 15) is 4.21 Å². The van der Waals surface area contributed by atoms with E-state index in [0.29, 0.717) is 15.9 Å². The Morgan fingerprint density at radius 2 is 2.42 bits per heavy atom. The Kier molecular flexibility index (Phi) is 1.67. The van der Waals surface area contributed by atoms with E-state index < -0.39 is 11.1 Å². The van der Waals surface area contributed by atoms with Gasteiger partial charge in [0.2, 0.25) is 0 Å². The van der Waals surface area contributed by atoms with Crippen molar-refractivity contribution in [3.63, 3.8) is 0 Å². The van der Waals surface area contributed by atoms with Crippen molar-refractivity contribution in [3.8, 4) is 0 Å². The van der Waals surface area contributed by atoms with Crippen LogP contribution < -0.4 is 0 Å². The molecule has 1 atom stereocenters. The van der Waals surface area contributed by atoms with Crippen molar-refractivity contribution >= 4 is 22.1 Å². The van der Waals surface area contributed by atoms with Crippen LogP contribution in [-0.4, -0.2) is 18.7 Å². The predicted octanol–water partition coefficient (Wildman–Crippen LogP) is 1.14. The highest BCUT2D eigenvalue weighted by molar-refractivity contribution is 7.79. The molecule has 2 N–H and O–H groups in total. The average Bonchev–Trinajstić information content (AvgIpc) is 2.47. The summed E-state index contributed by atoms with van der Waals surface area (Å²) in [7, 11) is 0. The second-order valence-electron chi connectivity index (χ2n) is 2.30. The average molecular weight is 182 g/mol. The van der Waals surface area contributed by atoms with Gasteiger partial charge in [-0.15, -0.1) is 0 Å². The van der Waals surface area contributed by atoms with Gasteiger partial charge in [-0.25, -0.2) is 9.19 Å². The summed E-state index contributed by atoms with van der Waals surface area (Å²) in [5.74, 6) is 0. The van der Waals surface area contributed by atoms with Gasteiger partial charge in [-0.3, -0.25) is 0 Å². The van der Waals surface area contributed by atoms with Crippen LogP contribution in [0.4, 0.5) is 0 Å². The molecule has 2 aromatic rings. The number of aromatic amines is 1. The molecule has 0 aliphatic rings. The molecule has 5 heteroatoms. The zero-order valence-electron chi connectivity index (χ0n) is 6.02. The number of pyridine rings is 1. The van der Waals surface area contributed by atoms with Gasteiger partial charge in [-0.2, -0.15) is 0 Å². The van der Waals surface area contributed by atoms with Crippen LogP contribution >= 0.6 is 0 Å². The lowest BCUT2D eigenvalue weighted by Gasteiger charge is -1.89.